The molecule has 0 atom stereocenters. The zero-order valence-corrected chi connectivity index (χ0v) is 18.9. The number of ether oxygens (including phenoxy) is 1. The summed E-state index contributed by atoms with van der Waals surface area (Å²) in [6.45, 7) is 1.62. The third-order valence-corrected chi connectivity index (χ3v) is 5.60. The van der Waals surface area contributed by atoms with E-state index < -0.39 is 11.4 Å². The minimum atomic E-state index is -0.618. The Kier molecular flexibility index (Phi) is 8.39. The number of benzene rings is 1. The first kappa shape index (κ1) is 24.2. The molecule has 4 N–H and O–H groups in total. The summed E-state index contributed by atoms with van der Waals surface area (Å²) in [7, 11) is 0. The molecule has 1 aromatic heterocycles. The molecule has 1 aromatic carbocycles. The Morgan fingerprint density at radius 1 is 1.12 bits per heavy atom. The molecule has 1 aliphatic rings. The van der Waals surface area contributed by atoms with Crippen LogP contribution < -0.4 is 21.1 Å². The maximum atomic E-state index is 12.5. The Morgan fingerprint density at radius 2 is 1.85 bits per heavy atom. The smallest absolute Gasteiger partial charge is 0.227 e. The zero-order chi connectivity index (χ0) is 23.7. The number of carbonyl (C=O) groups is 3. The van der Waals surface area contributed by atoms with Crippen LogP contribution in [-0.2, 0) is 26.3 Å². The number of hydrogen-bond donors (Lipinski definition) is 3. The van der Waals surface area contributed by atoms with E-state index in [2.05, 4.69) is 20.8 Å². The monoisotopic (exact) mass is 457 g/mol. The van der Waals surface area contributed by atoms with Crippen molar-refractivity contribution in [2.24, 2.45) is 5.73 Å². The molecular formula is C23H31N5O5. The second kappa shape index (κ2) is 11.4. The van der Waals surface area contributed by atoms with Gasteiger partial charge in [0.1, 0.15) is 11.3 Å². The number of amides is 3. The van der Waals surface area contributed by atoms with E-state index in [4.69, 9.17) is 15.0 Å². The first-order chi connectivity index (χ1) is 15.9. The summed E-state index contributed by atoms with van der Waals surface area (Å²) >= 11 is 0. The van der Waals surface area contributed by atoms with Crippen molar-refractivity contribution in [1.82, 2.24) is 15.5 Å². The van der Waals surface area contributed by atoms with Gasteiger partial charge in [0.05, 0.1) is 18.7 Å². The Bertz CT molecular complexity index is 966. The van der Waals surface area contributed by atoms with E-state index in [0.29, 0.717) is 23.2 Å². The molecule has 10 heteroatoms. The molecule has 1 saturated carbocycles. The first-order valence-corrected chi connectivity index (χ1v) is 11.3. The fraction of sp³-hybridized carbons (Fsp3) is 0.522. The summed E-state index contributed by atoms with van der Waals surface area (Å²) in [5, 5.41) is 9.99. The molecule has 3 rings (SSSR count). The van der Waals surface area contributed by atoms with Crippen LogP contribution >= 0.6 is 0 Å². The van der Waals surface area contributed by atoms with Crippen molar-refractivity contribution < 1.29 is 23.6 Å². The van der Waals surface area contributed by atoms with Crippen LogP contribution in [0.2, 0.25) is 0 Å². The lowest BCUT2D eigenvalue weighted by molar-refractivity contribution is -0.121. The topological polar surface area (TPSA) is 149 Å². The van der Waals surface area contributed by atoms with Crippen molar-refractivity contribution in [3.8, 4) is 5.75 Å². The second-order valence-corrected chi connectivity index (χ2v) is 8.30. The van der Waals surface area contributed by atoms with Crippen LogP contribution in [-0.4, -0.2) is 34.5 Å². The molecule has 1 aliphatic carbocycles. The van der Waals surface area contributed by atoms with Crippen LogP contribution in [0, 0.1) is 0 Å². The minimum absolute atomic E-state index is 0.0851. The number of nitrogens with one attached hydrogen (secondary N) is 2. The van der Waals surface area contributed by atoms with Crippen molar-refractivity contribution in [3.05, 3.63) is 36.0 Å². The molecule has 1 fully saturated rings. The number of nitrogens with zero attached hydrogens (tertiary/aromatic N) is 2. The highest BCUT2D eigenvalue weighted by Crippen LogP contribution is 2.34. The number of hydrogen-bond acceptors (Lipinski definition) is 7. The number of carbonyl (C=O) groups excluding carboxylic acids is 3. The van der Waals surface area contributed by atoms with Gasteiger partial charge in [-0.25, -0.2) is 0 Å². The Morgan fingerprint density at radius 3 is 2.55 bits per heavy atom. The van der Waals surface area contributed by atoms with Gasteiger partial charge in [-0.1, -0.05) is 43.0 Å². The van der Waals surface area contributed by atoms with E-state index >= 15 is 0 Å². The maximum Gasteiger partial charge on any atom is 0.227 e. The quantitative estimate of drug-likeness (QED) is 0.464. The summed E-state index contributed by atoms with van der Waals surface area (Å²) in [6, 6.07) is 6.96. The molecule has 33 heavy (non-hydrogen) atoms. The SMILES string of the molecule is CC(=O)NC1(c2noc(CCC(=O)Nc3ccccc3OCCC(N)=O)n2)CCCCCC1. The molecule has 10 nitrogen and oxygen atoms in total. The number of primary amides is 1. The molecule has 0 radical (unpaired) electrons. The number of rotatable bonds is 10. The molecule has 178 valence electrons. The lowest BCUT2D eigenvalue weighted by Crippen LogP contribution is -2.45. The van der Waals surface area contributed by atoms with E-state index in [-0.39, 0.29) is 37.7 Å². The standard InChI is InChI=1S/C23H31N5O5/c1-16(29)27-23(13-6-2-3-7-14-23)22-26-21(33-28-22)11-10-20(31)25-17-8-4-5-9-18(17)32-15-12-19(24)30/h4-5,8-9H,2-3,6-7,10-15H2,1H3,(H2,24,30)(H,25,31)(H,27,29). The maximum absolute atomic E-state index is 12.5. The molecule has 0 bridgehead atoms. The lowest BCUT2D eigenvalue weighted by Gasteiger charge is -2.30. The van der Waals surface area contributed by atoms with Gasteiger partial charge in [-0.3, -0.25) is 14.4 Å². The van der Waals surface area contributed by atoms with E-state index in [1.165, 1.54) is 6.92 Å². The van der Waals surface area contributed by atoms with E-state index in [1.807, 2.05) is 0 Å². The highest BCUT2D eigenvalue weighted by atomic mass is 16.5. The van der Waals surface area contributed by atoms with Gasteiger partial charge in [-0.05, 0) is 25.0 Å². The highest BCUT2D eigenvalue weighted by Gasteiger charge is 2.38. The van der Waals surface area contributed by atoms with Crippen molar-refractivity contribution in [2.75, 3.05) is 11.9 Å². The molecule has 0 saturated heterocycles. The molecule has 2 aromatic rings. The van der Waals surface area contributed by atoms with Crippen molar-refractivity contribution in [1.29, 1.82) is 0 Å². The van der Waals surface area contributed by atoms with Gasteiger partial charge < -0.3 is 25.6 Å². The van der Waals surface area contributed by atoms with Crippen LogP contribution in [0.25, 0.3) is 0 Å². The van der Waals surface area contributed by atoms with E-state index in [9.17, 15) is 14.4 Å². The zero-order valence-electron chi connectivity index (χ0n) is 18.9. The highest BCUT2D eigenvalue weighted by molar-refractivity contribution is 5.92. The van der Waals surface area contributed by atoms with Crippen LogP contribution in [0.1, 0.15) is 70.0 Å². The predicted molar refractivity (Wildman–Crippen MR) is 120 cm³/mol. The number of aryl methyl sites for hydroxylation is 1. The predicted octanol–water partition coefficient (Wildman–Crippen LogP) is 2.58. The third-order valence-electron chi connectivity index (χ3n) is 5.60. The Labute approximate surface area is 192 Å². The summed E-state index contributed by atoms with van der Waals surface area (Å²) in [5.41, 5.74) is 5.01. The average molecular weight is 458 g/mol. The third kappa shape index (κ3) is 7.03. The molecule has 0 aliphatic heterocycles. The van der Waals surface area contributed by atoms with E-state index in [0.717, 1.165) is 38.5 Å². The number of aromatic nitrogens is 2. The molecular weight excluding hydrogens is 426 g/mol. The normalized spacial score (nSPS) is 15.3. The number of para-hydroxylation sites is 2. The van der Waals surface area contributed by atoms with Crippen molar-refractivity contribution >= 4 is 23.4 Å². The summed E-state index contributed by atoms with van der Waals surface area (Å²) in [4.78, 5) is 39.7. The van der Waals surface area contributed by atoms with Crippen molar-refractivity contribution in [3.63, 3.8) is 0 Å². The fourth-order valence-corrected chi connectivity index (χ4v) is 4.01. The van der Waals surface area contributed by atoms with Crippen molar-refractivity contribution in [2.45, 2.75) is 70.3 Å². The largest absolute Gasteiger partial charge is 0.491 e. The summed E-state index contributed by atoms with van der Waals surface area (Å²) in [6.07, 6.45) is 6.18. The van der Waals surface area contributed by atoms with Gasteiger partial charge in [-0.15, -0.1) is 0 Å². The van der Waals surface area contributed by atoms with Gasteiger partial charge in [0.25, 0.3) is 0 Å². The second-order valence-electron chi connectivity index (χ2n) is 8.30. The summed E-state index contributed by atoms with van der Waals surface area (Å²) < 4.78 is 10.9. The van der Waals surface area contributed by atoms with Crippen LogP contribution in [0.3, 0.4) is 0 Å². The van der Waals surface area contributed by atoms with Gasteiger partial charge in [0.2, 0.25) is 23.6 Å². The van der Waals surface area contributed by atoms with Crippen LogP contribution in [0.5, 0.6) is 5.75 Å². The summed E-state index contributed by atoms with van der Waals surface area (Å²) in [5.74, 6) is 0.451. The van der Waals surface area contributed by atoms with Crippen LogP contribution in [0.4, 0.5) is 5.69 Å². The van der Waals surface area contributed by atoms with Gasteiger partial charge in [-0.2, -0.15) is 4.98 Å². The molecule has 0 unspecified atom stereocenters. The molecule has 1 heterocycles. The first-order valence-electron chi connectivity index (χ1n) is 11.3. The van der Waals surface area contributed by atoms with Gasteiger partial charge in [0, 0.05) is 19.8 Å². The number of anilines is 1. The lowest BCUT2D eigenvalue weighted by atomic mass is 9.89. The van der Waals surface area contributed by atoms with Crippen LogP contribution in [0.15, 0.2) is 28.8 Å². The fourth-order valence-electron chi connectivity index (χ4n) is 4.01. The average Bonchev–Trinajstić information content (AvgIpc) is 3.13. The molecule has 0 spiro atoms. The van der Waals surface area contributed by atoms with Gasteiger partial charge in [0.15, 0.2) is 5.82 Å². The molecule has 3 amide bonds. The number of nitrogens with two attached hydrogens (primary N) is 1. The van der Waals surface area contributed by atoms with E-state index in [1.54, 1.807) is 24.3 Å². The Balaban J connectivity index is 1.59. The van der Waals surface area contributed by atoms with Gasteiger partial charge >= 0.3 is 0 Å². The minimum Gasteiger partial charge on any atom is -0.491 e. The Hall–Kier alpha value is -3.43.